The zero-order valence-corrected chi connectivity index (χ0v) is 22.0. The molecule has 12 nitrogen and oxygen atoms in total. The number of hydrogen-bond acceptors (Lipinski definition) is 7. The molecule has 204 valence electrons. The average Bonchev–Trinajstić information content (AvgIpc) is 3.68. The van der Waals surface area contributed by atoms with Crippen LogP contribution in [0, 0.1) is 5.21 Å². The largest absolute Gasteiger partial charge is 0.618 e. The van der Waals surface area contributed by atoms with Crippen LogP contribution in [0.15, 0.2) is 72.4 Å². The minimum absolute atomic E-state index is 0.160. The Hall–Kier alpha value is -4.10. The highest BCUT2D eigenvalue weighted by molar-refractivity contribution is 7.89. The third kappa shape index (κ3) is 4.90. The van der Waals surface area contributed by atoms with Crippen LogP contribution in [0.2, 0.25) is 0 Å². The van der Waals surface area contributed by atoms with Crippen molar-refractivity contribution in [3.05, 3.63) is 78.2 Å². The summed E-state index contributed by atoms with van der Waals surface area (Å²) in [5.74, 6) is -1.28. The van der Waals surface area contributed by atoms with E-state index < -0.39 is 57.3 Å². The fraction of sp³-hybridized carbons (Fsp3) is 0.346. The summed E-state index contributed by atoms with van der Waals surface area (Å²) in [5, 5.41) is 14.5. The van der Waals surface area contributed by atoms with E-state index in [1.807, 2.05) is 6.92 Å². The van der Waals surface area contributed by atoms with Crippen molar-refractivity contribution in [3.63, 3.8) is 0 Å². The van der Waals surface area contributed by atoms with Crippen LogP contribution < -0.4 is 10.0 Å². The number of nitrogens with one attached hydrogen (secondary N) is 1. The number of imidazole rings is 1. The lowest BCUT2D eigenvalue weighted by atomic mass is 10.1. The number of amides is 2. The number of fused-ring (bicyclic) bond motifs is 1. The minimum atomic E-state index is -4.26. The van der Waals surface area contributed by atoms with Gasteiger partial charge < -0.3 is 20.0 Å². The Morgan fingerprint density at radius 1 is 1.21 bits per heavy atom. The number of likely N-dealkylation sites (tertiary alicyclic amines) is 1. The third-order valence-corrected chi connectivity index (χ3v) is 9.00. The normalized spacial score (nSPS) is 20.1. The zero-order valence-electron chi connectivity index (χ0n) is 21.2. The quantitative estimate of drug-likeness (QED) is 0.319. The van der Waals surface area contributed by atoms with Gasteiger partial charge in [0.05, 0.1) is 18.9 Å². The van der Waals surface area contributed by atoms with Gasteiger partial charge in [-0.1, -0.05) is 13.3 Å². The van der Waals surface area contributed by atoms with Crippen molar-refractivity contribution in [3.8, 4) is 5.69 Å². The predicted octanol–water partition coefficient (Wildman–Crippen LogP) is 0.647. The molecule has 5 rings (SSSR count). The predicted molar refractivity (Wildman–Crippen MR) is 138 cm³/mol. The molecule has 3 aromatic rings. The van der Waals surface area contributed by atoms with Gasteiger partial charge in [-0.2, -0.15) is 9.04 Å². The summed E-state index contributed by atoms with van der Waals surface area (Å²) in [5.41, 5.74) is 1.20. The van der Waals surface area contributed by atoms with Crippen LogP contribution in [0.4, 0.5) is 0 Å². The minimum Gasteiger partial charge on any atom is -0.618 e. The molecular weight excluding hydrogens is 524 g/mol. The van der Waals surface area contributed by atoms with E-state index in [0.29, 0.717) is 18.4 Å². The Labute approximate surface area is 225 Å². The lowest BCUT2D eigenvalue weighted by Gasteiger charge is -2.28. The SMILES string of the molecule is CCCC(NC(=O)c1ccc(-n2ccnc2)cc1)C(=O)N1CCC2C1C(=O)CN2S(=O)(=O)c1cccc[n+]1[O-]. The lowest BCUT2D eigenvalue weighted by Crippen LogP contribution is -2.52. The van der Waals surface area contributed by atoms with Crippen molar-refractivity contribution in [2.75, 3.05) is 13.1 Å². The van der Waals surface area contributed by atoms with Gasteiger partial charge in [0.2, 0.25) is 5.91 Å². The maximum atomic E-state index is 13.6. The van der Waals surface area contributed by atoms with Crippen LogP contribution in [0.1, 0.15) is 36.5 Å². The van der Waals surface area contributed by atoms with Crippen molar-refractivity contribution in [1.82, 2.24) is 24.1 Å². The molecule has 1 aromatic carbocycles. The molecular formula is C26H28N6O6S. The van der Waals surface area contributed by atoms with Crippen molar-refractivity contribution in [1.29, 1.82) is 0 Å². The molecule has 0 bridgehead atoms. The molecule has 2 saturated heterocycles. The Balaban J connectivity index is 1.32. The van der Waals surface area contributed by atoms with E-state index in [4.69, 9.17) is 0 Å². The van der Waals surface area contributed by atoms with E-state index in [1.165, 1.54) is 23.1 Å². The maximum absolute atomic E-state index is 13.6. The molecule has 0 saturated carbocycles. The molecule has 2 aliphatic rings. The Morgan fingerprint density at radius 2 is 1.97 bits per heavy atom. The highest BCUT2D eigenvalue weighted by Crippen LogP contribution is 2.34. The van der Waals surface area contributed by atoms with E-state index >= 15 is 0 Å². The van der Waals surface area contributed by atoms with E-state index in [9.17, 15) is 28.0 Å². The van der Waals surface area contributed by atoms with Crippen LogP contribution in [0.5, 0.6) is 0 Å². The van der Waals surface area contributed by atoms with Crippen molar-refractivity contribution in [2.45, 2.75) is 49.3 Å². The molecule has 13 heteroatoms. The van der Waals surface area contributed by atoms with Crippen molar-refractivity contribution in [2.24, 2.45) is 0 Å². The lowest BCUT2D eigenvalue weighted by molar-refractivity contribution is -0.646. The Kier molecular flexibility index (Phi) is 7.19. The molecule has 2 amide bonds. The van der Waals surface area contributed by atoms with Gasteiger partial charge in [-0.05, 0) is 43.2 Å². The number of pyridine rings is 1. The van der Waals surface area contributed by atoms with Gasteiger partial charge in [0.15, 0.2) is 12.0 Å². The molecule has 0 spiro atoms. The first-order valence-electron chi connectivity index (χ1n) is 12.6. The second kappa shape index (κ2) is 10.6. The van der Waals surface area contributed by atoms with Crippen LogP contribution in [-0.2, 0) is 19.6 Å². The first kappa shape index (κ1) is 26.5. The van der Waals surface area contributed by atoms with E-state index in [1.54, 1.807) is 47.6 Å². The van der Waals surface area contributed by atoms with Crippen LogP contribution in [0.3, 0.4) is 0 Å². The first-order chi connectivity index (χ1) is 18.7. The maximum Gasteiger partial charge on any atom is 0.323 e. The number of ketones is 1. The van der Waals surface area contributed by atoms with Crippen molar-refractivity contribution >= 4 is 27.6 Å². The van der Waals surface area contributed by atoms with Gasteiger partial charge in [0.25, 0.3) is 5.91 Å². The molecule has 1 N–H and O–H groups in total. The van der Waals surface area contributed by atoms with Crippen LogP contribution in [0.25, 0.3) is 5.69 Å². The summed E-state index contributed by atoms with van der Waals surface area (Å²) in [7, 11) is -4.26. The van der Waals surface area contributed by atoms with Crippen molar-refractivity contribution < 1.29 is 27.5 Å². The first-order valence-corrected chi connectivity index (χ1v) is 14.1. The number of Topliss-reactive ketones (excluding diaryl/α,β-unsaturated/α-hetero) is 1. The molecule has 0 aliphatic carbocycles. The van der Waals surface area contributed by atoms with Crippen LogP contribution in [-0.4, -0.2) is 76.0 Å². The molecule has 3 unspecified atom stereocenters. The van der Waals surface area contributed by atoms with E-state index in [-0.39, 0.29) is 17.7 Å². The highest BCUT2D eigenvalue weighted by Gasteiger charge is 2.55. The number of rotatable bonds is 8. The number of nitrogens with zero attached hydrogens (tertiary/aromatic N) is 5. The summed E-state index contributed by atoms with van der Waals surface area (Å²) in [6.45, 7) is 1.62. The van der Waals surface area contributed by atoms with Gasteiger partial charge in [-0.3, -0.25) is 14.4 Å². The molecule has 3 atom stereocenters. The monoisotopic (exact) mass is 552 g/mol. The third-order valence-electron chi connectivity index (χ3n) is 7.13. The molecule has 39 heavy (non-hydrogen) atoms. The number of sulfonamides is 1. The summed E-state index contributed by atoms with van der Waals surface area (Å²) in [6.07, 6.45) is 7.35. The number of aromatic nitrogens is 3. The Morgan fingerprint density at radius 3 is 2.64 bits per heavy atom. The van der Waals surface area contributed by atoms with Crippen LogP contribution >= 0.6 is 0 Å². The number of carbonyl (C=O) groups is 3. The fourth-order valence-electron chi connectivity index (χ4n) is 5.26. The summed E-state index contributed by atoms with van der Waals surface area (Å²) < 4.78 is 29.6. The molecule has 2 fully saturated rings. The number of hydrogen-bond donors (Lipinski definition) is 1. The topological polar surface area (TPSA) is 149 Å². The van der Waals surface area contributed by atoms with Gasteiger partial charge in [0, 0.05) is 42.3 Å². The van der Waals surface area contributed by atoms with Gasteiger partial charge in [-0.15, -0.1) is 0 Å². The van der Waals surface area contributed by atoms with E-state index in [2.05, 4.69) is 10.3 Å². The summed E-state index contributed by atoms with van der Waals surface area (Å²) >= 11 is 0. The Bertz CT molecular complexity index is 1490. The molecule has 0 radical (unpaired) electrons. The second-order valence-corrected chi connectivity index (χ2v) is 11.4. The average molecular weight is 553 g/mol. The standard InChI is InChI=1S/C26H28N6O6S/c1-2-5-20(28-25(34)18-7-9-19(10-8-18)29-15-12-27-17-29)26(35)30-14-11-21-24(30)22(33)16-32(21)39(37,38)23-6-3-4-13-31(23)36/h3-4,6-10,12-13,15,17,20-21,24H,2,5,11,14,16H2,1H3,(H,28,34). The number of carbonyl (C=O) groups excluding carboxylic acids is 3. The second-order valence-electron chi connectivity index (χ2n) is 9.55. The summed E-state index contributed by atoms with van der Waals surface area (Å²) in [6, 6.07) is 8.24. The zero-order chi connectivity index (χ0) is 27.7. The molecule has 2 aromatic heterocycles. The smallest absolute Gasteiger partial charge is 0.323 e. The fourth-order valence-corrected chi connectivity index (χ4v) is 6.91. The van der Waals surface area contributed by atoms with Gasteiger partial charge in [-0.25, -0.2) is 13.4 Å². The highest BCUT2D eigenvalue weighted by atomic mass is 32.2. The summed E-state index contributed by atoms with van der Waals surface area (Å²) in [4.78, 5) is 45.0. The molecule has 2 aliphatic heterocycles. The van der Waals surface area contributed by atoms with Gasteiger partial charge >= 0.3 is 15.0 Å². The number of benzene rings is 1. The van der Waals surface area contributed by atoms with Gasteiger partial charge in [0.1, 0.15) is 12.1 Å². The van der Waals surface area contributed by atoms with E-state index in [0.717, 1.165) is 16.2 Å². The molecule has 4 heterocycles.